The maximum absolute atomic E-state index is 12.5. The van der Waals surface area contributed by atoms with Crippen LogP contribution >= 0.6 is 15.9 Å². The molecule has 4 heteroatoms. The van der Waals surface area contributed by atoms with Gasteiger partial charge in [0.1, 0.15) is 0 Å². The molecule has 3 rings (SSSR count). The zero-order chi connectivity index (χ0) is 16.4. The molecule has 1 aliphatic carbocycles. The molecular weight excluding hydrogens is 356 g/mol. The number of esters is 1. The van der Waals surface area contributed by atoms with Crippen LogP contribution in [0.2, 0.25) is 0 Å². The fraction of sp³-hybridized carbons (Fsp3) is 0.263. The van der Waals surface area contributed by atoms with Gasteiger partial charge in [-0.2, -0.15) is 0 Å². The average molecular weight is 373 g/mol. The molecule has 0 amide bonds. The van der Waals surface area contributed by atoms with E-state index in [1.807, 2.05) is 24.3 Å². The number of ether oxygens (including phenoxy) is 1. The molecule has 2 aromatic rings. The van der Waals surface area contributed by atoms with Crippen molar-refractivity contribution in [3.63, 3.8) is 0 Å². The van der Waals surface area contributed by atoms with Crippen LogP contribution in [0, 0.1) is 0 Å². The first-order valence-electron chi connectivity index (χ1n) is 7.68. The maximum atomic E-state index is 12.5. The van der Waals surface area contributed by atoms with E-state index in [0.29, 0.717) is 15.6 Å². The molecular formula is C19H17BrO3. The second kappa shape index (κ2) is 6.67. The topological polar surface area (TPSA) is 43.4 Å². The van der Waals surface area contributed by atoms with Crippen LogP contribution in [0.25, 0.3) is 0 Å². The summed E-state index contributed by atoms with van der Waals surface area (Å²) < 4.78 is 5.99. The zero-order valence-corrected chi connectivity index (χ0v) is 14.4. The number of Topliss-reactive ketones (excluding diaryl/α,β-unsaturated/α-hetero) is 1. The molecule has 0 N–H and O–H groups in total. The predicted molar refractivity (Wildman–Crippen MR) is 91.8 cm³/mol. The lowest BCUT2D eigenvalue weighted by atomic mass is 10.0. The molecule has 118 valence electrons. The minimum atomic E-state index is -0.811. The lowest BCUT2D eigenvalue weighted by Crippen LogP contribution is -2.24. The standard InChI is InChI=1S/C19H17BrO3/c1-12(23-19(22)16-7-2-3-8-17(16)20)18(21)15-10-9-13-5-4-6-14(13)11-15/h2-3,7-12H,4-6H2,1H3/t12-/m1/s1. The Morgan fingerprint density at radius 2 is 1.83 bits per heavy atom. The molecule has 2 aromatic carbocycles. The van der Waals surface area contributed by atoms with E-state index < -0.39 is 12.1 Å². The van der Waals surface area contributed by atoms with Crippen molar-refractivity contribution < 1.29 is 14.3 Å². The largest absolute Gasteiger partial charge is 0.451 e. The summed E-state index contributed by atoms with van der Waals surface area (Å²) in [5, 5.41) is 0. The SMILES string of the molecule is C[C@@H](OC(=O)c1ccccc1Br)C(=O)c1ccc2c(c1)CCC2. The lowest BCUT2D eigenvalue weighted by molar-refractivity contribution is 0.0318. The number of carbonyl (C=O) groups excluding carboxylic acids is 2. The summed E-state index contributed by atoms with van der Waals surface area (Å²) in [7, 11) is 0. The van der Waals surface area contributed by atoms with Gasteiger partial charge in [-0.05, 0) is 71.4 Å². The van der Waals surface area contributed by atoms with Crippen molar-refractivity contribution in [3.8, 4) is 0 Å². The monoisotopic (exact) mass is 372 g/mol. The summed E-state index contributed by atoms with van der Waals surface area (Å²) in [6, 6.07) is 12.8. The smallest absolute Gasteiger partial charge is 0.339 e. The van der Waals surface area contributed by atoms with Gasteiger partial charge in [-0.1, -0.05) is 24.3 Å². The van der Waals surface area contributed by atoms with Crippen molar-refractivity contribution >= 4 is 27.7 Å². The van der Waals surface area contributed by atoms with E-state index in [-0.39, 0.29) is 5.78 Å². The third kappa shape index (κ3) is 3.37. The second-order valence-electron chi connectivity index (χ2n) is 5.73. The summed E-state index contributed by atoms with van der Waals surface area (Å²) >= 11 is 3.32. The summed E-state index contributed by atoms with van der Waals surface area (Å²) in [6.45, 7) is 1.62. The number of fused-ring (bicyclic) bond motifs is 1. The lowest BCUT2D eigenvalue weighted by Gasteiger charge is -2.13. The van der Waals surface area contributed by atoms with E-state index >= 15 is 0 Å². The van der Waals surface area contributed by atoms with Crippen LogP contribution in [0.3, 0.4) is 0 Å². The fourth-order valence-corrected chi connectivity index (χ4v) is 3.31. The van der Waals surface area contributed by atoms with Gasteiger partial charge < -0.3 is 4.74 Å². The van der Waals surface area contributed by atoms with Gasteiger partial charge in [0.25, 0.3) is 0 Å². The first-order valence-corrected chi connectivity index (χ1v) is 8.47. The molecule has 1 atom stereocenters. The number of hydrogen-bond donors (Lipinski definition) is 0. The van der Waals surface area contributed by atoms with Crippen molar-refractivity contribution in [1.82, 2.24) is 0 Å². The predicted octanol–water partition coefficient (Wildman–Crippen LogP) is 4.37. The highest BCUT2D eigenvalue weighted by atomic mass is 79.9. The van der Waals surface area contributed by atoms with E-state index in [2.05, 4.69) is 15.9 Å². The van der Waals surface area contributed by atoms with E-state index in [1.165, 1.54) is 11.1 Å². The fourth-order valence-electron chi connectivity index (χ4n) is 2.86. The third-order valence-electron chi connectivity index (χ3n) is 4.13. The molecule has 0 bridgehead atoms. The van der Waals surface area contributed by atoms with E-state index in [9.17, 15) is 9.59 Å². The van der Waals surface area contributed by atoms with Gasteiger partial charge in [-0.15, -0.1) is 0 Å². The highest BCUT2D eigenvalue weighted by Gasteiger charge is 2.22. The van der Waals surface area contributed by atoms with Crippen LogP contribution in [-0.2, 0) is 17.6 Å². The highest BCUT2D eigenvalue weighted by Crippen LogP contribution is 2.24. The molecule has 0 radical (unpaired) electrons. The number of aryl methyl sites for hydroxylation is 2. The molecule has 0 saturated carbocycles. The highest BCUT2D eigenvalue weighted by molar-refractivity contribution is 9.10. The molecule has 0 unspecified atom stereocenters. The van der Waals surface area contributed by atoms with Gasteiger partial charge in [-0.3, -0.25) is 4.79 Å². The Labute approximate surface area is 143 Å². The molecule has 0 heterocycles. The molecule has 0 aliphatic heterocycles. The van der Waals surface area contributed by atoms with Gasteiger partial charge >= 0.3 is 5.97 Å². The number of ketones is 1. The van der Waals surface area contributed by atoms with E-state index in [0.717, 1.165) is 19.3 Å². The van der Waals surface area contributed by atoms with Gasteiger partial charge in [0, 0.05) is 10.0 Å². The Morgan fingerprint density at radius 3 is 2.61 bits per heavy atom. The van der Waals surface area contributed by atoms with Gasteiger partial charge in [-0.25, -0.2) is 4.79 Å². The average Bonchev–Trinajstić information content (AvgIpc) is 3.01. The molecule has 0 saturated heterocycles. The Morgan fingerprint density at radius 1 is 1.09 bits per heavy atom. The van der Waals surface area contributed by atoms with E-state index in [1.54, 1.807) is 25.1 Å². The van der Waals surface area contributed by atoms with Gasteiger partial charge in [0.2, 0.25) is 5.78 Å². The first-order chi connectivity index (χ1) is 11.1. The zero-order valence-electron chi connectivity index (χ0n) is 12.8. The van der Waals surface area contributed by atoms with Gasteiger partial charge in [0.05, 0.1) is 5.56 Å². The molecule has 3 nitrogen and oxygen atoms in total. The van der Waals surface area contributed by atoms with Crippen molar-refractivity contribution in [2.24, 2.45) is 0 Å². The number of carbonyl (C=O) groups is 2. The minimum Gasteiger partial charge on any atom is -0.451 e. The molecule has 1 aliphatic rings. The Balaban J connectivity index is 1.73. The van der Waals surface area contributed by atoms with Crippen LogP contribution in [0.5, 0.6) is 0 Å². The summed E-state index contributed by atoms with van der Waals surface area (Å²) in [6.07, 6.45) is 2.42. The normalized spacial score (nSPS) is 14.2. The van der Waals surface area contributed by atoms with Crippen LogP contribution in [-0.4, -0.2) is 17.9 Å². The molecule has 23 heavy (non-hydrogen) atoms. The quantitative estimate of drug-likeness (QED) is 0.591. The summed E-state index contributed by atoms with van der Waals surface area (Å²) in [4.78, 5) is 24.7. The second-order valence-corrected chi connectivity index (χ2v) is 6.58. The minimum absolute atomic E-state index is 0.167. The van der Waals surface area contributed by atoms with E-state index in [4.69, 9.17) is 4.74 Å². The van der Waals surface area contributed by atoms with Crippen molar-refractivity contribution in [2.45, 2.75) is 32.3 Å². The Hall–Kier alpha value is -1.94. The molecule has 0 fully saturated rings. The summed E-state index contributed by atoms with van der Waals surface area (Å²) in [5.74, 6) is -0.667. The first kappa shape index (κ1) is 15.9. The van der Waals surface area contributed by atoms with Crippen LogP contribution in [0.4, 0.5) is 0 Å². The van der Waals surface area contributed by atoms with Crippen molar-refractivity contribution in [3.05, 3.63) is 69.2 Å². The van der Waals surface area contributed by atoms with Crippen LogP contribution in [0.1, 0.15) is 45.2 Å². The van der Waals surface area contributed by atoms with Crippen LogP contribution in [0.15, 0.2) is 46.9 Å². The van der Waals surface area contributed by atoms with Gasteiger partial charge in [0.15, 0.2) is 6.10 Å². The number of rotatable bonds is 4. The maximum Gasteiger partial charge on any atom is 0.339 e. The third-order valence-corrected chi connectivity index (χ3v) is 4.82. The number of halogens is 1. The number of benzene rings is 2. The summed E-state index contributed by atoms with van der Waals surface area (Å²) in [5.41, 5.74) is 3.58. The van der Waals surface area contributed by atoms with Crippen molar-refractivity contribution in [1.29, 1.82) is 0 Å². The van der Waals surface area contributed by atoms with Crippen molar-refractivity contribution in [2.75, 3.05) is 0 Å². The number of hydrogen-bond acceptors (Lipinski definition) is 3. The van der Waals surface area contributed by atoms with Crippen LogP contribution < -0.4 is 0 Å². The Bertz CT molecular complexity index is 767. The Kier molecular flexibility index (Phi) is 4.62. The molecule has 0 spiro atoms. The molecule has 0 aromatic heterocycles.